The molecule has 164 valence electrons. The van der Waals surface area contributed by atoms with Gasteiger partial charge in [0, 0.05) is 46.5 Å². The normalized spacial score (nSPS) is 11.2. The van der Waals surface area contributed by atoms with Crippen molar-refractivity contribution < 1.29 is 4.79 Å². The van der Waals surface area contributed by atoms with Crippen LogP contribution in [0.4, 0.5) is 11.5 Å². The molecule has 0 spiro atoms. The van der Waals surface area contributed by atoms with Gasteiger partial charge in [0.05, 0.1) is 11.9 Å². The maximum Gasteiger partial charge on any atom is 0.179 e. The van der Waals surface area contributed by atoms with Crippen molar-refractivity contribution in [3.05, 3.63) is 78.9 Å². The lowest BCUT2D eigenvalue weighted by Crippen LogP contribution is -2.03. The van der Waals surface area contributed by atoms with Crippen molar-refractivity contribution in [2.24, 2.45) is 5.92 Å². The van der Waals surface area contributed by atoms with Crippen molar-refractivity contribution in [2.75, 3.05) is 5.32 Å². The number of aromatic amines is 2. The molecule has 0 aliphatic rings. The molecule has 3 heterocycles. The number of hydrogen-bond donors (Lipinski definition) is 3. The Labute approximate surface area is 191 Å². The Morgan fingerprint density at radius 2 is 1.82 bits per heavy atom. The molecular weight excluding hydrogens is 412 g/mol. The first kappa shape index (κ1) is 20.6. The van der Waals surface area contributed by atoms with E-state index in [0.29, 0.717) is 29.7 Å². The van der Waals surface area contributed by atoms with Crippen LogP contribution >= 0.6 is 0 Å². The lowest BCUT2D eigenvalue weighted by Gasteiger charge is -2.08. The van der Waals surface area contributed by atoms with E-state index in [0.717, 1.165) is 33.3 Å². The van der Waals surface area contributed by atoms with Crippen LogP contribution < -0.4 is 5.32 Å². The number of H-pyrrole nitrogens is 2. The molecule has 0 aliphatic heterocycles. The number of carbonyl (C=O) groups is 1. The summed E-state index contributed by atoms with van der Waals surface area (Å²) in [6.45, 7) is 4.09. The van der Waals surface area contributed by atoms with Crippen LogP contribution in [0.2, 0.25) is 0 Å². The summed E-state index contributed by atoms with van der Waals surface area (Å²) in [7, 11) is 0. The first-order valence-electron chi connectivity index (χ1n) is 10.9. The molecule has 0 saturated carbocycles. The lowest BCUT2D eigenvalue weighted by atomic mass is 10.1. The van der Waals surface area contributed by atoms with Gasteiger partial charge in [-0.3, -0.25) is 9.89 Å². The number of fused-ring (bicyclic) bond motifs is 1. The average Bonchev–Trinajstić information content (AvgIpc) is 3.49. The minimum absolute atomic E-state index is 0.129. The van der Waals surface area contributed by atoms with Gasteiger partial charge in [0.1, 0.15) is 5.82 Å². The highest BCUT2D eigenvalue weighted by molar-refractivity contribution is 6.00. The minimum Gasteiger partial charge on any atom is -0.352 e. The number of benzene rings is 2. The van der Waals surface area contributed by atoms with E-state index in [9.17, 15) is 4.79 Å². The molecule has 0 radical (unpaired) electrons. The molecule has 7 nitrogen and oxygen atoms in total. The van der Waals surface area contributed by atoms with Crippen LogP contribution in [0.5, 0.6) is 0 Å². The third kappa shape index (κ3) is 4.52. The molecule has 3 aromatic heterocycles. The number of aromatic nitrogens is 5. The van der Waals surface area contributed by atoms with Crippen molar-refractivity contribution in [3.8, 4) is 22.5 Å². The highest BCUT2D eigenvalue weighted by Gasteiger charge is 2.12. The van der Waals surface area contributed by atoms with E-state index in [4.69, 9.17) is 0 Å². The van der Waals surface area contributed by atoms with E-state index < -0.39 is 0 Å². The molecule has 3 N–H and O–H groups in total. The summed E-state index contributed by atoms with van der Waals surface area (Å²) in [5, 5.41) is 11.2. The number of anilines is 2. The third-order valence-corrected chi connectivity index (χ3v) is 5.42. The van der Waals surface area contributed by atoms with Gasteiger partial charge in [-0.25, -0.2) is 9.97 Å². The fourth-order valence-electron chi connectivity index (χ4n) is 3.77. The zero-order chi connectivity index (χ0) is 22.8. The monoisotopic (exact) mass is 436 g/mol. The van der Waals surface area contributed by atoms with Crippen LogP contribution in [0, 0.1) is 5.92 Å². The fraction of sp³-hybridized carbons (Fsp3) is 0.154. The maximum absolute atomic E-state index is 12.4. The number of ketones is 1. The Morgan fingerprint density at radius 3 is 2.58 bits per heavy atom. The summed E-state index contributed by atoms with van der Waals surface area (Å²) in [6.07, 6.45) is 5.92. The molecule has 5 aromatic rings. The summed E-state index contributed by atoms with van der Waals surface area (Å²) in [5.41, 5.74) is 5.48. The topological polar surface area (TPSA) is 99.3 Å². The predicted molar refractivity (Wildman–Crippen MR) is 130 cm³/mol. The number of hydrogen-bond acceptors (Lipinski definition) is 5. The van der Waals surface area contributed by atoms with Crippen LogP contribution in [-0.2, 0) is 0 Å². The molecule has 2 aromatic carbocycles. The Bertz CT molecular complexity index is 1400. The molecule has 0 fully saturated rings. The van der Waals surface area contributed by atoms with Gasteiger partial charge < -0.3 is 10.3 Å². The predicted octanol–water partition coefficient (Wildman–Crippen LogP) is 5.99. The first-order valence-corrected chi connectivity index (χ1v) is 10.9. The second-order valence-corrected chi connectivity index (χ2v) is 8.46. The quantitative estimate of drug-likeness (QED) is 0.272. The summed E-state index contributed by atoms with van der Waals surface area (Å²) < 4.78 is 0. The molecule has 0 unspecified atom stereocenters. The van der Waals surface area contributed by atoms with Crippen LogP contribution in [0.15, 0.2) is 73.2 Å². The van der Waals surface area contributed by atoms with Gasteiger partial charge in [-0.15, -0.1) is 0 Å². The molecule has 0 aliphatic carbocycles. The van der Waals surface area contributed by atoms with Crippen LogP contribution in [0.25, 0.3) is 33.4 Å². The molecule has 0 atom stereocenters. The smallest absolute Gasteiger partial charge is 0.179 e. The highest BCUT2D eigenvalue weighted by atomic mass is 16.1. The van der Waals surface area contributed by atoms with Crippen LogP contribution in [0.1, 0.15) is 30.8 Å². The lowest BCUT2D eigenvalue weighted by molar-refractivity contribution is 0.0964. The Morgan fingerprint density at radius 1 is 1.00 bits per heavy atom. The van der Waals surface area contributed by atoms with Gasteiger partial charge in [0.15, 0.2) is 11.6 Å². The van der Waals surface area contributed by atoms with E-state index >= 15 is 0 Å². The van der Waals surface area contributed by atoms with Crippen molar-refractivity contribution >= 4 is 28.2 Å². The summed E-state index contributed by atoms with van der Waals surface area (Å²) in [5.74, 6) is 1.77. The third-order valence-electron chi connectivity index (χ3n) is 5.42. The van der Waals surface area contributed by atoms with E-state index in [2.05, 4.69) is 30.5 Å². The maximum atomic E-state index is 12.4. The summed E-state index contributed by atoms with van der Waals surface area (Å²) in [4.78, 5) is 24.8. The molecule has 0 saturated heterocycles. The molecule has 33 heavy (non-hydrogen) atoms. The number of carbonyl (C=O) groups excluding carboxylic acids is 1. The average molecular weight is 437 g/mol. The number of nitrogens with one attached hydrogen (secondary N) is 3. The van der Waals surface area contributed by atoms with Crippen molar-refractivity contribution in [1.82, 2.24) is 25.1 Å². The molecule has 5 rings (SSSR count). The van der Waals surface area contributed by atoms with E-state index in [1.165, 1.54) is 0 Å². The fourth-order valence-corrected chi connectivity index (χ4v) is 3.77. The van der Waals surface area contributed by atoms with Crippen molar-refractivity contribution in [3.63, 3.8) is 0 Å². The summed E-state index contributed by atoms with van der Waals surface area (Å²) in [6, 6.07) is 17.8. The Hall–Kier alpha value is -4.26. The second-order valence-electron chi connectivity index (χ2n) is 8.46. The van der Waals surface area contributed by atoms with Gasteiger partial charge in [-0.05, 0) is 41.8 Å². The summed E-state index contributed by atoms with van der Waals surface area (Å²) >= 11 is 0. The zero-order valence-corrected chi connectivity index (χ0v) is 18.5. The minimum atomic E-state index is 0.129. The van der Waals surface area contributed by atoms with Crippen molar-refractivity contribution in [2.45, 2.75) is 20.3 Å². The SMILES string of the molecule is CC(C)CC(=O)c1cc2ccc(-c3nccc(Nc4ccc(-c5cn[nH]c5)cc4)n3)cc2[nH]1. The molecule has 7 heteroatoms. The molecular formula is C26H24N6O. The van der Waals surface area contributed by atoms with Gasteiger partial charge in [0.2, 0.25) is 0 Å². The molecule has 0 amide bonds. The molecule has 0 bridgehead atoms. The van der Waals surface area contributed by atoms with Gasteiger partial charge in [0.25, 0.3) is 0 Å². The largest absolute Gasteiger partial charge is 0.352 e. The Kier molecular flexibility index (Phi) is 5.44. The van der Waals surface area contributed by atoms with E-state index in [1.807, 2.05) is 74.6 Å². The number of nitrogens with zero attached hydrogens (tertiary/aromatic N) is 3. The standard InChI is InChI=1S/C26H24N6O/c1-16(2)11-24(33)23-12-18-3-4-19(13-22(18)31-23)26-27-10-9-25(32-26)30-21-7-5-17(6-8-21)20-14-28-29-15-20/h3-10,12-16,31H,11H2,1-2H3,(H,28,29)(H,27,30,32). The van der Waals surface area contributed by atoms with Crippen LogP contribution in [0.3, 0.4) is 0 Å². The van der Waals surface area contributed by atoms with Gasteiger partial charge in [-0.1, -0.05) is 38.1 Å². The van der Waals surface area contributed by atoms with Gasteiger partial charge in [-0.2, -0.15) is 5.10 Å². The van der Waals surface area contributed by atoms with Gasteiger partial charge >= 0.3 is 0 Å². The second kappa shape index (κ2) is 8.70. The Balaban J connectivity index is 1.36. The highest BCUT2D eigenvalue weighted by Crippen LogP contribution is 2.26. The number of Topliss-reactive ketones (excluding diaryl/α,β-unsaturated/α-hetero) is 1. The van der Waals surface area contributed by atoms with E-state index in [-0.39, 0.29) is 5.78 Å². The van der Waals surface area contributed by atoms with Crippen molar-refractivity contribution in [1.29, 1.82) is 0 Å². The zero-order valence-electron chi connectivity index (χ0n) is 18.5. The van der Waals surface area contributed by atoms with E-state index in [1.54, 1.807) is 12.4 Å². The number of rotatable bonds is 7. The first-order chi connectivity index (χ1) is 16.0. The van der Waals surface area contributed by atoms with Crippen LogP contribution in [-0.4, -0.2) is 30.9 Å².